The van der Waals surface area contributed by atoms with Crippen LogP contribution in [0.4, 0.5) is 0 Å². The number of nitrogens with zero attached hydrogens (tertiary/aromatic N) is 1. The minimum absolute atomic E-state index is 0.000432. The molecule has 1 unspecified atom stereocenters. The summed E-state index contributed by atoms with van der Waals surface area (Å²) >= 11 is 0. The molecule has 1 aromatic carbocycles. The van der Waals surface area contributed by atoms with Gasteiger partial charge in [-0.05, 0) is 37.8 Å². The number of aryl methyl sites for hydroxylation is 1. The number of nitrogens with one attached hydrogen (secondary N) is 1. The van der Waals surface area contributed by atoms with Crippen LogP contribution in [0.1, 0.15) is 43.2 Å². The number of hydrogen-bond acceptors (Lipinski definition) is 3. The lowest BCUT2D eigenvalue weighted by atomic mass is 10.1. The maximum atomic E-state index is 12.4. The zero-order valence-electron chi connectivity index (χ0n) is 15.2. The topological polar surface area (TPSA) is 58.6 Å². The minimum Gasteiger partial charge on any atom is -0.496 e. The number of likely N-dealkylation sites (tertiary alicyclic amines) is 1. The molecule has 5 heteroatoms. The third-order valence-electron chi connectivity index (χ3n) is 5.42. The van der Waals surface area contributed by atoms with Crippen LogP contribution < -0.4 is 10.1 Å². The van der Waals surface area contributed by atoms with E-state index in [-0.39, 0.29) is 17.7 Å². The Balaban J connectivity index is 1.50. The van der Waals surface area contributed by atoms with Gasteiger partial charge in [-0.25, -0.2) is 0 Å². The first-order valence-corrected chi connectivity index (χ1v) is 9.29. The van der Waals surface area contributed by atoms with Gasteiger partial charge >= 0.3 is 0 Å². The smallest absolute Gasteiger partial charge is 0.225 e. The van der Waals surface area contributed by atoms with Crippen LogP contribution in [-0.2, 0) is 16.0 Å². The molecule has 1 atom stereocenters. The Morgan fingerprint density at radius 1 is 1.32 bits per heavy atom. The van der Waals surface area contributed by atoms with Gasteiger partial charge in [0.2, 0.25) is 11.8 Å². The van der Waals surface area contributed by atoms with Gasteiger partial charge in [-0.3, -0.25) is 9.59 Å². The SMILES string of the molecule is COc1ccc(C)cc1CCNC(=O)C1CC(=O)N(C2CCCC2)C1. The van der Waals surface area contributed by atoms with E-state index < -0.39 is 0 Å². The first-order valence-electron chi connectivity index (χ1n) is 9.29. The average molecular weight is 344 g/mol. The molecule has 136 valence electrons. The van der Waals surface area contributed by atoms with Crippen LogP contribution in [0.15, 0.2) is 18.2 Å². The number of carbonyl (C=O) groups excluding carboxylic acids is 2. The lowest BCUT2D eigenvalue weighted by Gasteiger charge is -2.23. The van der Waals surface area contributed by atoms with Gasteiger partial charge in [0, 0.05) is 25.6 Å². The van der Waals surface area contributed by atoms with Gasteiger partial charge in [0.15, 0.2) is 0 Å². The van der Waals surface area contributed by atoms with E-state index in [4.69, 9.17) is 4.74 Å². The quantitative estimate of drug-likeness (QED) is 0.862. The Hall–Kier alpha value is -2.04. The summed E-state index contributed by atoms with van der Waals surface area (Å²) in [4.78, 5) is 26.6. The Morgan fingerprint density at radius 2 is 2.08 bits per heavy atom. The summed E-state index contributed by atoms with van der Waals surface area (Å²) in [5.74, 6) is 0.795. The molecule has 0 bridgehead atoms. The molecule has 1 saturated heterocycles. The second-order valence-electron chi connectivity index (χ2n) is 7.24. The number of ether oxygens (including phenoxy) is 1. The van der Waals surface area contributed by atoms with Crippen molar-refractivity contribution >= 4 is 11.8 Å². The Morgan fingerprint density at radius 3 is 2.80 bits per heavy atom. The summed E-state index contributed by atoms with van der Waals surface area (Å²) in [5.41, 5.74) is 2.27. The molecule has 1 aromatic rings. The van der Waals surface area contributed by atoms with Crippen LogP contribution in [0, 0.1) is 12.8 Å². The summed E-state index contributed by atoms with van der Waals surface area (Å²) in [7, 11) is 1.66. The molecule has 0 spiro atoms. The van der Waals surface area contributed by atoms with E-state index in [2.05, 4.69) is 11.4 Å². The molecule has 1 heterocycles. The van der Waals surface area contributed by atoms with Crippen molar-refractivity contribution in [2.24, 2.45) is 5.92 Å². The zero-order chi connectivity index (χ0) is 17.8. The molecular weight excluding hydrogens is 316 g/mol. The Bertz CT molecular complexity index is 638. The highest BCUT2D eigenvalue weighted by atomic mass is 16.5. The number of carbonyl (C=O) groups is 2. The largest absolute Gasteiger partial charge is 0.496 e. The van der Waals surface area contributed by atoms with Crippen LogP contribution in [0.5, 0.6) is 5.75 Å². The second kappa shape index (κ2) is 7.89. The lowest BCUT2D eigenvalue weighted by Crippen LogP contribution is -2.37. The van der Waals surface area contributed by atoms with E-state index in [0.717, 1.165) is 30.6 Å². The van der Waals surface area contributed by atoms with Crippen LogP contribution >= 0.6 is 0 Å². The molecule has 2 fully saturated rings. The van der Waals surface area contributed by atoms with E-state index >= 15 is 0 Å². The highest BCUT2D eigenvalue weighted by Gasteiger charge is 2.38. The predicted molar refractivity (Wildman–Crippen MR) is 96.5 cm³/mol. The van der Waals surface area contributed by atoms with E-state index in [0.29, 0.717) is 25.6 Å². The van der Waals surface area contributed by atoms with E-state index in [1.54, 1.807) is 7.11 Å². The molecule has 5 nitrogen and oxygen atoms in total. The molecule has 0 aromatic heterocycles. The van der Waals surface area contributed by atoms with Crippen molar-refractivity contribution in [2.75, 3.05) is 20.2 Å². The van der Waals surface area contributed by atoms with Gasteiger partial charge < -0.3 is 15.0 Å². The molecule has 3 rings (SSSR count). The van der Waals surface area contributed by atoms with Gasteiger partial charge in [-0.2, -0.15) is 0 Å². The molecule has 25 heavy (non-hydrogen) atoms. The van der Waals surface area contributed by atoms with Crippen molar-refractivity contribution in [1.29, 1.82) is 0 Å². The van der Waals surface area contributed by atoms with Crippen molar-refractivity contribution in [2.45, 2.75) is 51.5 Å². The van der Waals surface area contributed by atoms with Crippen LogP contribution in [0.25, 0.3) is 0 Å². The Kier molecular flexibility index (Phi) is 5.61. The average Bonchev–Trinajstić information content (AvgIpc) is 3.24. The predicted octanol–water partition coefficient (Wildman–Crippen LogP) is 2.45. The summed E-state index contributed by atoms with van der Waals surface area (Å²) in [6.07, 6.45) is 5.66. The third-order valence-corrected chi connectivity index (χ3v) is 5.42. The van der Waals surface area contributed by atoms with E-state index in [1.807, 2.05) is 24.0 Å². The zero-order valence-corrected chi connectivity index (χ0v) is 15.2. The number of methoxy groups -OCH3 is 1. The maximum Gasteiger partial charge on any atom is 0.225 e. The fraction of sp³-hybridized carbons (Fsp3) is 0.600. The van der Waals surface area contributed by atoms with Gasteiger partial charge in [-0.15, -0.1) is 0 Å². The van der Waals surface area contributed by atoms with Gasteiger partial charge in [0.25, 0.3) is 0 Å². The molecule has 0 radical (unpaired) electrons. The first-order chi connectivity index (χ1) is 12.1. The first kappa shape index (κ1) is 17.8. The highest BCUT2D eigenvalue weighted by molar-refractivity contribution is 5.89. The number of rotatable bonds is 6. The minimum atomic E-state index is -0.201. The third kappa shape index (κ3) is 4.14. The van der Waals surface area contributed by atoms with Crippen LogP contribution in [0.3, 0.4) is 0 Å². The van der Waals surface area contributed by atoms with Crippen molar-refractivity contribution in [3.63, 3.8) is 0 Å². The van der Waals surface area contributed by atoms with Crippen molar-refractivity contribution in [3.05, 3.63) is 29.3 Å². The molecule has 1 aliphatic carbocycles. The molecular formula is C20H28N2O3. The summed E-state index contributed by atoms with van der Waals surface area (Å²) in [6.45, 7) is 3.19. The van der Waals surface area contributed by atoms with Crippen molar-refractivity contribution < 1.29 is 14.3 Å². The van der Waals surface area contributed by atoms with Crippen LogP contribution in [-0.4, -0.2) is 43.0 Å². The standard InChI is InChI=1S/C20H28N2O3/c1-14-7-8-18(25-2)15(11-14)9-10-21-20(24)16-12-19(23)22(13-16)17-5-3-4-6-17/h7-8,11,16-17H,3-6,9-10,12-13H2,1-2H3,(H,21,24). The molecule has 2 aliphatic rings. The fourth-order valence-corrected chi connectivity index (χ4v) is 4.04. The number of benzene rings is 1. The Labute approximate surface area is 149 Å². The number of hydrogen-bond donors (Lipinski definition) is 1. The van der Waals surface area contributed by atoms with Crippen LogP contribution in [0.2, 0.25) is 0 Å². The van der Waals surface area contributed by atoms with Gasteiger partial charge in [0.1, 0.15) is 5.75 Å². The van der Waals surface area contributed by atoms with Gasteiger partial charge in [0.05, 0.1) is 13.0 Å². The molecule has 1 N–H and O–H groups in total. The van der Waals surface area contributed by atoms with E-state index in [9.17, 15) is 9.59 Å². The normalized spacial score (nSPS) is 21.0. The molecule has 1 aliphatic heterocycles. The maximum absolute atomic E-state index is 12.4. The van der Waals surface area contributed by atoms with E-state index in [1.165, 1.54) is 18.4 Å². The highest BCUT2D eigenvalue weighted by Crippen LogP contribution is 2.29. The van der Waals surface area contributed by atoms with Crippen molar-refractivity contribution in [1.82, 2.24) is 10.2 Å². The lowest BCUT2D eigenvalue weighted by molar-refractivity contribution is -0.130. The monoisotopic (exact) mass is 344 g/mol. The fourth-order valence-electron chi connectivity index (χ4n) is 4.04. The summed E-state index contributed by atoms with van der Waals surface area (Å²) in [5, 5.41) is 3.00. The van der Waals surface area contributed by atoms with Gasteiger partial charge in [-0.1, -0.05) is 30.5 Å². The molecule has 2 amide bonds. The molecule has 1 saturated carbocycles. The van der Waals surface area contributed by atoms with Crippen molar-refractivity contribution in [3.8, 4) is 5.75 Å². The second-order valence-corrected chi connectivity index (χ2v) is 7.24. The number of amides is 2. The summed E-state index contributed by atoms with van der Waals surface area (Å²) < 4.78 is 5.38. The summed E-state index contributed by atoms with van der Waals surface area (Å²) in [6, 6.07) is 6.43.